The molecule has 0 aromatic heterocycles. The van der Waals surface area contributed by atoms with Crippen LogP contribution in [0.2, 0.25) is 0 Å². The molecule has 0 spiro atoms. The van der Waals surface area contributed by atoms with Crippen molar-refractivity contribution in [2.45, 2.75) is 6.92 Å². The smallest absolute Gasteiger partial charge is 0.208 e. The molecule has 2 N–H and O–H groups in total. The third-order valence-electron chi connectivity index (χ3n) is 1.56. The lowest BCUT2D eigenvalue weighted by Gasteiger charge is -1.96. The SMILES string of the molecule is CC(=NN)C(=O)c1ccccc1. The number of benzene rings is 1. The number of rotatable bonds is 2. The highest BCUT2D eigenvalue weighted by Crippen LogP contribution is 2.00. The van der Waals surface area contributed by atoms with Gasteiger partial charge in [-0.1, -0.05) is 30.3 Å². The first-order chi connectivity index (χ1) is 5.75. The molecule has 12 heavy (non-hydrogen) atoms. The van der Waals surface area contributed by atoms with Crippen LogP contribution < -0.4 is 5.84 Å². The van der Waals surface area contributed by atoms with E-state index in [4.69, 9.17) is 5.84 Å². The van der Waals surface area contributed by atoms with E-state index in [2.05, 4.69) is 5.10 Å². The lowest BCUT2D eigenvalue weighted by atomic mass is 10.1. The van der Waals surface area contributed by atoms with Crippen molar-refractivity contribution in [2.24, 2.45) is 10.9 Å². The van der Waals surface area contributed by atoms with Gasteiger partial charge in [-0.15, -0.1) is 0 Å². The Morgan fingerprint density at radius 2 is 1.92 bits per heavy atom. The maximum atomic E-state index is 11.4. The van der Waals surface area contributed by atoms with Gasteiger partial charge in [0, 0.05) is 5.56 Å². The maximum absolute atomic E-state index is 11.4. The highest BCUT2D eigenvalue weighted by molar-refractivity contribution is 6.45. The van der Waals surface area contributed by atoms with Crippen LogP contribution in [-0.4, -0.2) is 11.5 Å². The van der Waals surface area contributed by atoms with Gasteiger partial charge in [-0.3, -0.25) is 4.79 Å². The van der Waals surface area contributed by atoms with Crippen LogP contribution in [0.5, 0.6) is 0 Å². The Bertz CT molecular complexity index is 304. The van der Waals surface area contributed by atoms with Gasteiger partial charge in [0.1, 0.15) is 5.71 Å². The third-order valence-corrected chi connectivity index (χ3v) is 1.56. The molecule has 0 amide bonds. The number of carbonyl (C=O) groups excluding carboxylic acids is 1. The van der Waals surface area contributed by atoms with Crippen LogP contribution >= 0.6 is 0 Å². The van der Waals surface area contributed by atoms with Gasteiger partial charge in [-0.05, 0) is 6.92 Å². The van der Waals surface area contributed by atoms with Crippen LogP contribution in [-0.2, 0) is 0 Å². The maximum Gasteiger partial charge on any atom is 0.208 e. The summed E-state index contributed by atoms with van der Waals surface area (Å²) in [5, 5.41) is 3.33. The second-order valence-corrected chi connectivity index (χ2v) is 2.41. The van der Waals surface area contributed by atoms with Crippen molar-refractivity contribution in [1.29, 1.82) is 0 Å². The van der Waals surface area contributed by atoms with Crippen LogP contribution in [0.3, 0.4) is 0 Å². The zero-order chi connectivity index (χ0) is 8.97. The molecule has 0 aliphatic rings. The molecule has 0 bridgehead atoms. The summed E-state index contributed by atoms with van der Waals surface area (Å²) >= 11 is 0. The Morgan fingerprint density at radius 3 is 2.42 bits per heavy atom. The Labute approximate surface area is 70.9 Å². The Morgan fingerprint density at radius 1 is 1.33 bits per heavy atom. The van der Waals surface area contributed by atoms with Crippen molar-refractivity contribution in [3.63, 3.8) is 0 Å². The number of Topliss-reactive ketones (excluding diaryl/α,β-unsaturated/α-hetero) is 1. The number of nitrogens with two attached hydrogens (primary N) is 1. The van der Waals surface area contributed by atoms with Gasteiger partial charge >= 0.3 is 0 Å². The van der Waals surface area contributed by atoms with E-state index in [1.54, 1.807) is 31.2 Å². The summed E-state index contributed by atoms with van der Waals surface area (Å²) in [5.41, 5.74) is 0.936. The fourth-order valence-electron chi connectivity index (χ4n) is 0.857. The molecule has 3 nitrogen and oxygen atoms in total. The lowest BCUT2D eigenvalue weighted by molar-refractivity contribution is 0.106. The Hall–Kier alpha value is -1.64. The normalized spacial score (nSPS) is 11.2. The molecule has 0 saturated heterocycles. The van der Waals surface area contributed by atoms with E-state index in [9.17, 15) is 4.79 Å². The Kier molecular flexibility index (Phi) is 2.58. The van der Waals surface area contributed by atoms with E-state index in [0.717, 1.165) is 0 Å². The van der Waals surface area contributed by atoms with E-state index < -0.39 is 0 Å². The number of hydrogen-bond donors (Lipinski definition) is 1. The quantitative estimate of drug-likeness (QED) is 0.307. The molecular weight excluding hydrogens is 152 g/mol. The summed E-state index contributed by atoms with van der Waals surface area (Å²) in [6, 6.07) is 8.92. The lowest BCUT2D eigenvalue weighted by Crippen LogP contribution is -2.12. The first-order valence-corrected chi connectivity index (χ1v) is 3.60. The van der Waals surface area contributed by atoms with Crippen molar-refractivity contribution in [2.75, 3.05) is 0 Å². The van der Waals surface area contributed by atoms with Gasteiger partial charge in [-0.25, -0.2) is 0 Å². The van der Waals surface area contributed by atoms with Gasteiger partial charge in [0.25, 0.3) is 0 Å². The molecule has 1 rings (SSSR count). The monoisotopic (exact) mass is 162 g/mol. The summed E-state index contributed by atoms with van der Waals surface area (Å²) < 4.78 is 0. The molecule has 62 valence electrons. The van der Waals surface area contributed by atoms with Crippen molar-refractivity contribution in [1.82, 2.24) is 0 Å². The topological polar surface area (TPSA) is 55.4 Å². The largest absolute Gasteiger partial charge is 0.323 e. The van der Waals surface area contributed by atoms with E-state index in [-0.39, 0.29) is 5.78 Å². The average Bonchev–Trinajstić information content (AvgIpc) is 2.17. The number of hydrogen-bond acceptors (Lipinski definition) is 3. The van der Waals surface area contributed by atoms with Crippen LogP contribution in [0.1, 0.15) is 17.3 Å². The summed E-state index contributed by atoms with van der Waals surface area (Å²) in [6.45, 7) is 1.59. The molecule has 1 aromatic rings. The van der Waals surface area contributed by atoms with Gasteiger partial charge in [0.2, 0.25) is 5.78 Å². The highest BCUT2D eigenvalue weighted by atomic mass is 16.1. The summed E-state index contributed by atoms with van der Waals surface area (Å²) in [7, 11) is 0. The fourth-order valence-corrected chi connectivity index (χ4v) is 0.857. The molecule has 1 aromatic carbocycles. The molecule has 0 atom stereocenters. The minimum atomic E-state index is -0.127. The predicted octanol–water partition coefficient (Wildman–Crippen LogP) is 1.20. The van der Waals surface area contributed by atoms with E-state index in [1.807, 2.05) is 6.07 Å². The number of hydrazone groups is 1. The molecular formula is C9H10N2O. The zero-order valence-electron chi connectivity index (χ0n) is 6.82. The first kappa shape index (κ1) is 8.46. The van der Waals surface area contributed by atoms with E-state index >= 15 is 0 Å². The molecule has 0 unspecified atom stereocenters. The zero-order valence-corrected chi connectivity index (χ0v) is 6.82. The number of nitrogens with zero attached hydrogens (tertiary/aromatic N) is 1. The third kappa shape index (κ3) is 1.69. The van der Waals surface area contributed by atoms with Gasteiger partial charge in [-0.2, -0.15) is 5.10 Å². The van der Waals surface area contributed by atoms with E-state index in [1.165, 1.54) is 0 Å². The van der Waals surface area contributed by atoms with Crippen LogP contribution in [0.4, 0.5) is 0 Å². The fraction of sp³-hybridized carbons (Fsp3) is 0.111. The van der Waals surface area contributed by atoms with Crippen LogP contribution in [0, 0.1) is 0 Å². The van der Waals surface area contributed by atoms with Crippen molar-refractivity contribution < 1.29 is 4.79 Å². The molecule has 0 heterocycles. The Balaban J connectivity index is 2.94. The predicted molar refractivity (Wildman–Crippen MR) is 48.1 cm³/mol. The first-order valence-electron chi connectivity index (χ1n) is 3.60. The molecule has 0 aliphatic carbocycles. The van der Waals surface area contributed by atoms with E-state index in [0.29, 0.717) is 11.3 Å². The molecule has 0 fully saturated rings. The molecule has 0 aliphatic heterocycles. The summed E-state index contributed by atoms with van der Waals surface area (Å²) in [5.74, 6) is 4.85. The average molecular weight is 162 g/mol. The number of carbonyl (C=O) groups is 1. The number of ketones is 1. The second-order valence-electron chi connectivity index (χ2n) is 2.41. The van der Waals surface area contributed by atoms with Gasteiger partial charge < -0.3 is 5.84 Å². The second kappa shape index (κ2) is 3.67. The standard InChI is InChI=1S/C9H10N2O/c1-7(11-10)9(12)8-5-3-2-4-6-8/h2-6H,10H2,1H3. The van der Waals surface area contributed by atoms with Gasteiger partial charge in [0.05, 0.1) is 0 Å². The van der Waals surface area contributed by atoms with Gasteiger partial charge in [0.15, 0.2) is 0 Å². The van der Waals surface area contributed by atoms with Crippen molar-refractivity contribution in [3.05, 3.63) is 35.9 Å². The minimum Gasteiger partial charge on any atom is -0.323 e. The highest BCUT2D eigenvalue weighted by Gasteiger charge is 2.07. The van der Waals surface area contributed by atoms with Crippen molar-refractivity contribution >= 4 is 11.5 Å². The molecule has 0 radical (unpaired) electrons. The minimum absolute atomic E-state index is 0.127. The summed E-state index contributed by atoms with van der Waals surface area (Å²) in [4.78, 5) is 11.4. The summed E-state index contributed by atoms with van der Waals surface area (Å²) in [6.07, 6.45) is 0. The molecule has 3 heteroatoms. The molecule has 0 saturated carbocycles. The van der Waals surface area contributed by atoms with Crippen LogP contribution in [0.25, 0.3) is 0 Å². The van der Waals surface area contributed by atoms with Crippen LogP contribution in [0.15, 0.2) is 35.4 Å². The van der Waals surface area contributed by atoms with Crippen molar-refractivity contribution in [3.8, 4) is 0 Å².